The molecule has 7 heteroatoms. The summed E-state index contributed by atoms with van der Waals surface area (Å²) in [5.74, 6) is 0.0645. The number of carbonyl (C=O) groups is 1. The van der Waals surface area contributed by atoms with Gasteiger partial charge in [-0.15, -0.1) is 0 Å². The lowest BCUT2D eigenvalue weighted by Crippen LogP contribution is -2.40. The van der Waals surface area contributed by atoms with Crippen LogP contribution in [0.2, 0.25) is 0 Å². The number of aromatic nitrogens is 3. The van der Waals surface area contributed by atoms with Crippen molar-refractivity contribution in [3.8, 4) is 0 Å². The molecule has 0 unspecified atom stereocenters. The number of hydrogen-bond acceptors (Lipinski definition) is 4. The quantitative estimate of drug-likeness (QED) is 0.537. The van der Waals surface area contributed by atoms with Gasteiger partial charge in [-0.1, -0.05) is 23.9 Å². The summed E-state index contributed by atoms with van der Waals surface area (Å²) in [6.07, 6.45) is 5.89. The standard InChI is InChI=1S/C18H19N5O2/c1-22-15(19)12(17(24)20-11-6-2-3-7-11)10-13-16(22)21-14-8-4-5-9-23(14)18(13)25/h4-5,8-11,19H,2-3,6-7H2,1H3,(H,20,24)/p+1. The molecule has 3 N–H and O–H groups in total. The fourth-order valence-corrected chi connectivity index (χ4v) is 3.50. The van der Waals surface area contributed by atoms with Crippen molar-refractivity contribution in [3.63, 3.8) is 0 Å². The van der Waals surface area contributed by atoms with Gasteiger partial charge in [-0.25, -0.2) is 4.57 Å². The lowest BCUT2D eigenvalue weighted by Gasteiger charge is -2.13. The zero-order chi connectivity index (χ0) is 17.6. The number of fused-ring (bicyclic) bond motifs is 2. The summed E-state index contributed by atoms with van der Waals surface area (Å²) in [5.41, 5.74) is 7.28. The molecule has 25 heavy (non-hydrogen) atoms. The largest absolute Gasteiger partial charge is 0.349 e. The van der Waals surface area contributed by atoms with Gasteiger partial charge in [0.15, 0.2) is 0 Å². The zero-order valence-corrected chi connectivity index (χ0v) is 14.0. The van der Waals surface area contributed by atoms with Crippen LogP contribution in [0.5, 0.6) is 0 Å². The van der Waals surface area contributed by atoms with Crippen molar-refractivity contribution in [3.05, 3.63) is 46.4 Å². The Morgan fingerprint density at radius 2 is 2.12 bits per heavy atom. The molecule has 128 valence electrons. The van der Waals surface area contributed by atoms with Gasteiger partial charge in [0.05, 0.1) is 7.05 Å². The Bertz CT molecular complexity index is 1050. The Morgan fingerprint density at radius 3 is 2.88 bits per heavy atom. The average molecular weight is 338 g/mol. The lowest BCUT2D eigenvalue weighted by molar-refractivity contribution is -0.632. The van der Waals surface area contributed by atoms with E-state index in [1.165, 1.54) is 4.40 Å². The molecule has 0 radical (unpaired) electrons. The summed E-state index contributed by atoms with van der Waals surface area (Å²) in [6.45, 7) is 0. The molecule has 1 amide bonds. The number of nitrogens with one attached hydrogen (secondary N) is 1. The first-order chi connectivity index (χ1) is 12.1. The van der Waals surface area contributed by atoms with E-state index in [4.69, 9.17) is 5.73 Å². The number of hydrogen-bond donors (Lipinski definition) is 2. The van der Waals surface area contributed by atoms with Crippen LogP contribution in [-0.4, -0.2) is 21.3 Å². The first-order valence-electron chi connectivity index (χ1n) is 8.47. The maximum absolute atomic E-state index is 12.8. The van der Waals surface area contributed by atoms with Crippen molar-refractivity contribution in [1.82, 2.24) is 14.7 Å². The number of carbonyl (C=O) groups excluding carboxylic acids is 1. The van der Waals surface area contributed by atoms with Crippen molar-refractivity contribution in [1.29, 1.82) is 0 Å². The van der Waals surface area contributed by atoms with Gasteiger partial charge in [0.2, 0.25) is 11.5 Å². The maximum Gasteiger partial charge on any atom is 0.278 e. The Hall–Kier alpha value is -2.96. The fraction of sp³-hybridized carbons (Fsp3) is 0.333. The molecule has 0 aromatic carbocycles. The topological polar surface area (TPSA) is 93.4 Å². The van der Waals surface area contributed by atoms with Crippen LogP contribution >= 0.6 is 0 Å². The summed E-state index contributed by atoms with van der Waals surface area (Å²) < 4.78 is 3.07. The highest BCUT2D eigenvalue weighted by atomic mass is 16.2. The Morgan fingerprint density at radius 1 is 1.36 bits per heavy atom. The third-order valence-corrected chi connectivity index (χ3v) is 4.93. The second-order valence-corrected chi connectivity index (χ2v) is 6.54. The molecular weight excluding hydrogens is 318 g/mol. The van der Waals surface area contributed by atoms with Crippen molar-refractivity contribution in [2.75, 3.05) is 5.73 Å². The third kappa shape index (κ3) is 2.52. The van der Waals surface area contributed by atoms with Gasteiger partial charge in [0, 0.05) is 12.2 Å². The number of rotatable bonds is 2. The van der Waals surface area contributed by atoms with Gasteiger partial charge >= 0.3 is 0 Å². The highest BCUT2D eigenvalue weighted by Gasteiger charge is 2.25. The molecular formula is C18H20N5O2+. The van der Waals surface area contributed by atoms with Crippen LogP contribution in [-0.2, 0) is 7.05 Å². The molecule has 1 fully saturated rings. The van der Waals surface area contributed by atoms with Gasteiger partial charge in [-0.3, -0.25) is 14.0 Å². The first-order valence-corrected chi connectivity index (χ1v) is 8.47. The summed E-state index contributed by atoms with van der Waals surface area (Å²) in [6, 6.07) is 7.10. The summed E-state index contributed by atoms with van der Waals surface area (Å²) >= 11 is 0. The second kappa shape index (κ2) is 5.84. The molecule has 3 heterocycles. The SMILES string of the molecule is C[n+]1c(N)c(C(=O)NC2CCCC2)cc2c(=O)n3ccccc3nc21. The van der Waals surface area contributed by atoms with E-state index in [-0.39, 0.29) is 17.5 Å². The Balaban J connectivity index is 1.89. The monoisotopic (exact) mass is 338 g/mol. The number of nitrogens with two attached hydrogens (primary N) is 1. The van der Waals surface area contributed by atoms with E-state index in [9.17, 15) is 9.59 Å². The average Bonchev–Trinajstić information content (AvgIpc) is 3.11. The van der Waals surface area contributed by atoms with Crippen LogP contribution < -0.4 is 21.2 Å². The summed E-state index contributed by atoms with van der Waals surface area (Å²) in [4.78, 5) is 30.0. The van der Waals surface area contributed by atoms with Crippen molar-refractivity contribution >= 4 is 28.4 Å². The number of aryl methyl sites for hydroxylation is 1. The minimum Gasteiger partial charge on any atom is -0.349 e. The third-order valence-electron chi connectivity index (χ3n) is 4.93. The van der Waals surface area contributed by atoms with Crippen LogP contribution in [0.4, 0.5) is 5.82 Å². The van der Waals surface area contributed by atoms with Crippen LogP contribution in [0.3, 0.4) is 0 Å². The molecule has 1 saturated carbocycles. The summed E-state index contributed by atoms with van der Waals surface area (Å²) in [5, 5.41) is 3.40. The smallest absolute Gasteiger partial charge is 0.278 e. The van der Waals surface area contributed by atoms with E-state index < -0.39 is 0 Å². The van der Waals surface area contributed by atoms with E-state index in [0.29, 0.717) is 28.1 Å². The van der Waals surface area contributed by atoms with Crippen LogP contribution in [0.15, 0.2) is 35.3 Å². The Labute approximate surface area is 144 Å². The van der Waals surface area contributed by atoms with E-state index in [1.54, 1.807) is 36.0 Å². The fourth-order valence-electron chi connectivity index (χ4n) is 3.50. The number of nitrogen functional groups attached to an aromatic ring is 1. The van der Waals surface area contributed by atoms with Gasteiger partial charge < -0.3 is 11.1 Å². The van der Waals surface area contributed by atoms with E-state index >= 15 is 0 Å². The van der Waals surface area contributed by atoms with Crippen LogP contribution in [0.1, 0.15) is 36.0 Å². The molecule has 7 nitrogen and oxygen atoms in total. The van der Waals surface area contributed by atoms with Gasteiger partial charge in [0.25, 0.3) is 17.1 Å². The number of anilines is 1. The molecule has 4 rings (SSSR count). The van der Waals surface area contributed by atoms with E-state index in [0.717, 1.165) is 25.7 Å². The van der Waals surface area contributed by atoms with E-state index in [1.807, 2.05) is 6.07 Å². The molecule has 0 spiro atoms. The maximum atomic E-state index is 12.8. The number of nitrogens with zero attached hydrogens (tertiary/aromatic N) is 3. The van der Waals surface area contributed by atoms with Crippen molar-refractivity contribution in [2.45, 2.75) is 31.7 Å². The normalized spacial score (nSPS) is 15.1. The predicted octanol–water partition coefficient (Wildman–Crippen LogP) is 0.927. The second-order valence-electron chi connectivity index (χ2n) is 6.54. The minimum absolute atomic E-state index is 0.184. The van der Waals surface area contributed by atoms with Crippen LogP contribution in [0, 0.1) is 0 Å². The Kier molecular flexibility index (Phi) is 3.63. The van der Waals surface area contributed by atoms with Gasteiger partial charge in [-0.05, 0) is 31.0 Å². The molecule has 0 saturated heterocycles. The van der Waals surface area contributed by atoms with Crippen LogP contribution in [0.25, 0.3) is 16.7 Å². The van der Waals surface area contributed by atoms with Gasteiger partial charge in [-0.2, -0.15) is 0 Å². The first kappa shape index (κ1) is 15.6. The van der Waals surface area contributed by atoms with Crippen molar-refractivity contribution in [2.24, 2.45) is 7.05 Å². The molecule has 0 bridgehead atoms. The lowest BCUT2D eigenvalue weighted by atomic mass is 10.1. The van der Waals surface area contributed by atoms with E-state index in [2.05, 4.69) is 10.3 Å². The molecule has 3 aromatic rings. The van der Waals surface area contributed by atoms with Crippen molar-refractivity contribution < 1.29 is 9.36 Å². The highest BCUT2D eigenvalue weighted by Crippen LogP contribution is 2.19. The molecule has 0 atom stereocenters. The molecule has 1 aliphatic rings. The molecule has 3 aromatic heterocycles. The number of pyridine rings is 2. The molecule has 0 aliphatic heterocycles. The predicted molar refractivity (Wildman–Crippen MR) is 94.3 cm³/mol. The minimum atomic E-state index is -0.237. The molecule has 1 aliphatic carbocycles. The summed E-state index contributed by atoms with van der Waals surface area (Å²) in [7, 11) is 1.72. The zero-order valence-electron chi connectivity index (χ0n) is 14.0. The van der Waals surface area contributed by atoms with Gasteiger partial charge in [0.1, 0.15) is 10.9 Å². The highest BCUT2D eigenvalue weighted by molar-refractivity contribution is 6.00. The number of amides is 1.